The number of piperazine rings is 1. The third kappa shape index (κ3) is 2.84. The summed E-state index contributed by atoms with van der Waals surface area (Å²) < 4.78 is 1.86. The molecule has 0 aliphatic carbocycles. The number of aryl methyl sites for hydroxylation is 1. The Morgan fingerprint density at radius 3 is 2.82 bits per heavy atom. The van der Waals surface area contributed by atoms with Crippen molar-refractivity contribution in [3.8, 4) is 0 Å². The van der Waals surface area contributed by atoms with Gasteiger partial charge in [0.1, 0.15) is 12.2 Å². The zero-order valence-corrected chi connectivity index (χ0v) is 11.3. The number of hydrogen-bond donors (Lipinski definition) is 1. The van der Waals surface area contributed by atoms with Crippen LogP contribution in [-0.2, 0) is 13.6 Å². The summed E-state index contributed by atoms with van der Waals surface area (Å²) in [4.78, 5) is 6.83. The number of hydrogen-bond acceptors (Lipinski definition) is 4. The van der Waals surface area contributed by atoms with E-state index in [-0.39, 0.29) is 5.41 Å². The number of aromatic nitrogens is 3. The van der Waals surface area contributed by atoms with E-state index < -0.39 is 0 Å². The summed E-state index contributed by atoms with van der Waals surface area (Å²) in [6, 6.07) is 0.549. The van der Waals surface area contributed by atoms with E-state index in [1.165, 1.54) is 0 Å². The standard InChI is InChI=1S/C12H23N5/c1-12(2,3)10-7-13-5-6-17(10)8-11-14-9-15-16(11)4/h9-10,13H,5-8H2,1-4H3. The van der Waals surface area contributed by atoms with Crippen molar-refractivity contribution in [2.45, 2.75) is 33.4 Å². The molecule has 0 bridgehead atoms. The number of nitrogens with zero attached hydrogens (tertiary/aromatic N) is 4. The van der Waals surface area contributed by atoms with E-state index in [1.54, 1.807) is 6.33 Å². The molecule has 1 aromatic heterocycles. The molecule has 0 aromatic carbocycles. The van der Waals surface area contributed by atoms with Crippen LogP contribution in [0.5, 0.6) is 0 Å². The highest BCUT2D eigenvalue weighted by Gasteiger charge is 2.32. The minimum absolute atomic E-state index is 0.284. The summed E-state index contributed by atoms with van der Waals surface area (Å²) in [5.74, 6) is 1.04. The fourth-order valence-electron chi connectivity index (χ4n) is 2.43. The summed E-state index contributed by atoms with van der Waals surface area (Å²) in [6.45, 7) is 11.0. The molecule has 1 fully saturated rings. The second-order valence-electron chi connectivity index (χ2n) is 5.86. The Morgan fingerprint density at radius 1 is 1.47 bits per heavy atom. The summed E-state index contributed by atoms with van der Waals surface area (Å²) >= 11 is 0. The molecule has 1 aliphatic heterocycles. The molecule has 0 spiro atoms. The Morgan fingerprint density at radius 2 is 2.24 bits per heavy atom. The fourth-order valence-corrected chi connectivity index (χ4v) is 2.43. The minimum Gasteiger partial charge on any atom is -0.314 e. The van der Waals surface area contributed by atoms with Crippen LogP contribution >= 0.6 is 0 Å². The summed E-state index contributed by atoms with van der Waals surface area (Å²) in [5.41, 5.74) is 0.284. The van der Waals surface area contributed by atoms with Crippen LogP contribution in [0, 0.1) is 5.41 Å². The van der Waals surface area contributed by atoms with Crippen LogP contribution < -0.4 is 5.32 Å². The maximum Gasteiger partial charge on any atom is 0.140 e. The maximum atomic E-state index is 4.32. The lowest BCUT2D eigenvalue weighted by molar-refractivity contribution is 0.0657. The van der Waals surface area contributed by atoms with Gasteiger partial charge in [0.25, 0.3) is 0 Å². The quantitative estimate of drug-likeness (QED) is 0.820. The first-order chi connectivity index (χ1) is 7.98. The molecule has 17 heavy (non-hydrogen) atoms. The van der Waals surface area contributed by atoms with Gasteiger partial charge < -0.3 is 5.32 Å². The van der Waals surface area contributed by atoms with Gasteiger partial charge in [0.15, 0.2) is 0 Å². The van der Waals surface area contributed by atoms with E-state index in [2.05, 4.69) is 41.1 Å². The molecule has 2 rings (SSSR count). The number of rotatable bonds is 2. The van der Waals surface area contributed by atoms with E-state index in [1.807, 2.05) is 11.7 Å². The van der Waals surface area contributed by atoms with Crippen molar-refractivity contribution in [2.24, 2.45) is 12.5 Å². The van der Waals surface area contributed by atoms with Gasteiger partial charge in [-0.2, -0.15) is 5.10 Å². The zero-order valence-electron chi connectivity index (χ0n) is 11.3. The lowest BCUT2D eigenvalue weighted by Crippen LogP contribution is -2.56. The zero-order chi connectivity index (χ0) is 12.5. The van der Waals surface area contributed by atoms with E-state index in [4.69, 9.17) is 0 Å². The van der Waals surface area contributed by atoms with Crippen LogP contribution in [0.2, 0.25) is 0 Å². The van der Waals surface area contributed by atoms with Crippen molar-refractivity contribution in [1.82, 2.24) is 25.0 Å². The van der Waals surface area contributed by atoms with Gasteiger partial charge in [0, 0.05) is 32.7 Å². The van der Waals surface area contributed by atoms with Gasteiger partial charge in [0.2, 0.25) is 0 Å². The van der Waals surface area contributed by atoms with Gasteiger partial charge in [-0.25, -0.2) is 4.98 Å². The van der Waals surface area contributed by atoms with Gasteiger partial charge in [-0.3, -0.25) is 9.58 Å². The summed E-state index contributed by atoms with van der Waals surface area (Å²) in [7, 11) is 1.95. The molecule has 1 saturated heterocycles. The lowest BCUT2D eigenvalue weighted by atomic mass is 9.84. The molecule has 5 nitrogen and oxygen atoms in total. The first kappa shape index (κ1) is 12.5. The van der Waals surface area contributed by atoms with Crippen LogP contribution in [0.4, 0.5) is 0 Å². The molecule has 0 saturated carbocycles. The first-order valence-corrected chi connectivity index (χ1v) is 6.26. The maximum absolute atomic E-state index is 4.32. The van der Waals surface area contributed by atoms with E-state index in [0.29, 0.717) is 6.04 Å². The summed E-state index contributed by atoms with van der Waals surface area (Å²) in [5, 5.41) is 7.61. The molecule has 0 radical (unpaired) electrons. The molecule has 1 unspecified atom stereocenters. The Bertz CT molecular complexity index is 365. The molecule has 2 heterocycles. The predicted octanol–water partition coefficient (Wildman–Crippen LogP) is 0.635. The third-order valence-corrected chi connectivity index (χ3v) is 3.50. The van der Waals surface area contributed by atoms with Crippen LogP contribution in [0.15, 0.2) is 6.33 Å². The lowest BCUT2D eigenvalue weighted by Gasteiger charge is -2.43. The molecule has 1 atom stereocenters. The van der Waals surface area contributed by atoms with Gasteiger partial charge in [-0.1, -0.05) is 20.8 Å². The topological polar surface area (TPSA) is 46.0 Å². The Labute approximate surface area is 103 Å². The van der Waals surface area contributed by atoms with Crippen LogP contribution in [0.1, 0.15) is 26.6 Å². The molecule has 5 heteroatoms. The monoisotopic (exact) mass is 237 g/mol. The van der Waals surface area contributed by atoms with Crippen molar-refractivity contribution in [3.63, 3.8) is 0 Å². The second-order valence-corrected chi connectivity index (χ2v) is 5.86. The third-order valence-electron chi connectivity index (χ3n) is 3.50. The van der Waals surface area contributed by atoms with Crippen molar-refractivity contribution in [2.75, 3.05) is 19.6 Å². The van der Waals surface area contributed by atoms with Crippen LogP contribution in [0.3, 0.4) is 0 Å². The largest absolute Gasteiger partial charge is 0.314 e. The van der Waals surface area contributed by atoms with Gasteiger partial charge in [-0.05, 0) is 5.41 Å². The second kappa shape index (κ2) is 4.74. The van der Waals surface area contributed by atoms with Gasteiger partial charge in [0.05, 0.1) is 6.54 Å². The average Bonchev–Trinajstić information content (AvgIpc) is 2.64. The van der Waals surface area contributed by atoms with Gasteiger partial charge in [-0.15, -0.1) is 0 Å². The Balaban J connectivity index is 2.10. The molecule has 0 amide bonds. The average molecular weight is 237 g/mol. The normalized spacial score (nSPS) is 22.9. The molecular formula is C12H23N5. The Hall–Kier alpha value is -0.940. The molecular weight excluding hydrogens is 214 g/mol. The highest BCUT2D eigenvalue weighted by atomic mass is 15.3. The SMILES string of the molecule is Cn1ncnc1CN1CCNCC1C(C)(C)C. The molecule has 96 valence electrons. The molecule has 1 aliphatic rings. The first-order valence-electron chi connectivity index (χ1n) is 6.26. The number of nitrogens with one attached hydrogen (secondary N) is 1. The van der Waals surface area contributed by atoms with E-state index in [0.717, 1.165) is 32.0 Å². The molecule has 1 N–H and O–H groups in total. The highest BCUT2D eigenvalue weighted by Crippen LogP contribution is 2.26. The van der Waals surface area contributed by atoms with Crippen molar-refractivity contribution < 1.29 is 0 Å². The minimum atomic E-state index is 0.284. The van der Waals surface area contributed by atoms with Crippen molar-refractivity contribution in [1.29, 1.82) is 0 Å². The fraction of sp³-hybridized carbons (Fsp3) is 0.833. The predicted molar refractivity (Wildman–Crippen MR) is 67.5 cm³/mol. The van der Waals surface area contributed by atoms with E-state index in [9.17, 15) is 0 Å². The van der Waals surface area contributed by atoms with Crippen LogP contribution in [0.25, 0.3) is 0 Å². The summed E-state index contributed by atoms with van der Waals surface area (Å²) in [6.07, 6.45) is 1.63. The van der Waals surface area contributed by atoms with Crippen molar-refractivity contribution in [3.05, 3.63) is 12.2 Å². The van der Waals surface area contributed by atoms with E-state index >= 15 is 0 Å². The van der Waals surface area contributed by atoms with Crippen LogP contribution in [-0.4, -0.2) is 45.3 Å². The van der Waals surface area contributed by atoms with Crippen molar-refractivity contribution >= 4 is 0 Å². The molecule has 1 aromatic rings. The highest BCUT2D eigenvalue weighted by molar-refractivity contribution is 4.92. The van der Waals surface area contributed by atoms with Gasteiger partial charge >= 0.3 is 0 Å². The Kier molecular flexibility index (Phi) is 3.49. The smallest absolute Gasteiger partial charge is 0.140 e.